The highest BCUT2D eigenvalue weighted by atomic mass is 32.2. The van der Waals surface area contributed by atoms with Gasteiger partial charge in [0.1, 0.15) is 6.33 Å². The van der Waals surface area contributed by atoms with Crippen molar-refractivity contribution in [3.05, 3.63) is 18.7 Å². The Hall–Kier alpha value is -1.32. The molecule has 0 N–H and O–H groups in total. The number of unbranched alkanes of at least 4 members (excludes halogenated alkanes) is 1. The zero-order valence-electron chi connectivity index (χ0n) is 9.89. The zero-order valence-corrected chi connectivity index (χ0v) is 10.7. The number of hydrogen-bond acceptors (Lipinski definition) is 4. The average molecular weight is 304 g/mol. The molecule has 0 fully saturated rings. The van der Waals surface area contributed by atoms with E-state index in [4.69, 9.17) is 0 Å². The maximum Gasteiger partial charge on any atom is 0.444 e. The third-order valence-electron chi connectivity index (χ3n) is 2.25. The average Bonchev–Trinajstić information content (AvgIpc) is 2.78. The Labute approximate surface area is 107 Å². The molecular formula is C9H12F4N2O3S. The van der Waals surface area contributed by atoms with E-state index < -0.39 is 27.7 Å². The summed E-state index contributed by atoms with van der Waals surface area (Å²) in [7, 11) is -5.83. The minimum absolute atomic E-state index is 0.230. The van der Waals surface area contributed by atoms with Gasteiger partial charge in [0.2, 0.25) is 0 Å². The van der Waals surface area contributed by atoms with E-state index in [1.165, 1.54) is 6.92 Å². The third-order valence-corrected chi connectivity index (χ3v) is 3.54. The Morgan fingerprint density at radius 3 is 2.42 bits per heavy atom. The number of imidazole rings is 1. The highest BCUT2D eigenvalue weighted by Crippen LogP contribution is 2.42. The van der Waals surface area contributed by atoms with Gasteiger partial charge in [-0.1, -0.05) is 13.3 Å². The summed E-state index contributed by atoms with van der Waals surface area (Å²) in [6, 6.07) is 0. The summed E-state index contributed by atoms with van der Waals surface area (Å²) in [6.07, 6.45) is 1.43. The summed E-state index contributed by atoms with van der Waals surface area (Å²) in [4.78, 5) is 3.34. The fourth-order valence-corrected chi connectivity index (χ4v) is 2.05. The number of rotatable bonds is 7. The fraction of sp³-hybridized carbons (Fsp3) is 0.667. The molecule has 0 spiro atoms. The van der Waals surface area contributed by atoms with E-state index in [0.29, 0.717) is 4.73 Å². The van der Waals surface area contributed by atoms with E-state index >= 15 is 0 Å². The van der Waals surface area contributed by atoms with Crippen molar-refractivity contribution in [1.82, 2.24) is 9.71 Å². The Morgan fingerprint density at radius 2 is 1.95 bits per heavy atom. The van der Waals surface area contributed by atoms with Gasteiger partial charge in [-0.25, -0.2) is 4.98 Å². The van der Waals surface area contributed by atoms with E-state index in [1.54, 1.807) is 0 Å². The van der Waals surface area contributed by atoms with Crippen molar-refractivity contribution in [3.8, 4) is 0 Å². The van der Waals surface area contributed by atoms with Gasteiger partial charge >= 0.3 is 21.3 Å². The molecule has 1 heterocycles. The van der Waals surface area contributed by atoms with E-state index in [1.807, 2.05) is 0 Å². The highest BCUT2D eigenvalue weighted by Gasteiger charge is 2.67. The minimum Gasteiger partial charge on any atom is -0.282 e. The molecule has 1 aromatic heterocycles. The van der Waals surface area contributed by atoms with Crippen molar-refractivity contribution in [1.29, 1.82) is 0 Å². The second-order valence-electron chi connectivity index (χ2n) is 3.78. The van der Waals surface area contributed by atoms with Crippen LogP contribution in [0.1, 0.15) is 26.2 Å². The first-order valence-electron chi connectivity index (χ1n) is 5.32. The summed E-state index contributed by atoms with van der Waals surface area (Å²) in [5, 5.41) is -5.32. The molecule has 0 radical (unpaired) electrons. The van der Waals surface area contributed by atoms with Gasteiger partial charge in [0.25, 0.3) is 0 Å². The summed E-state index contributed by atoms with van der Waals surface area (Å²) in [5.74, 6) is -4.71. The van der Waals surface area contributed by atoms with Gasteiger partial charge in [-0.2, -0.15) is 30.7 Å². The van der Waals surface area contributed by atoms with Crippen molar-refractivity contribution in [2.75, 3.05) is 0 Å². The molecule has 10 heteroatoms. The van der Waals surface area contributed by atoms with E-state index in [2.05, 4.69) is 9.27 Å². The number of nitrogens with zero attached hydrogens (tertiary/aromatic N) is 2. The summed E-state index contributed by atoms with van der Waals surface area (Å²) in [6.45, 7) is 1.52. The molecule has 0 saturated heterocycles. The molecule has 0 atom stereocenters. The summed E-state index contributed by atoms with van der Waals surface area (Å²) in [5.41, 5.74) is 0. The lowest BCUT2D eigenvalue weighted by Crippen LogP contribution is -2.50. The van der Waals surface area contributed by atoms with Crippen LogP contribution in [-0.4, -0.2) is 29.3 Å². The van der Waals surface area contributed by atoms with Gasteiger partial charge in [-0.05, 0) is 6.42 Å². The maximum absolute atomic E-state index is 13.4. The largest absolute Gasteiger partial charge is 0.444 e. The van der Waals surface area contributed by atoms with Crippen LogP contribution in [0, 0.1) is 0 Å². The molecule has 5 nitrogen and oxygen atoms in total. The molecule has 0 aliphatic rings. The smallest absolute Gasteiger partial charge is 0.282 e. The van der Waals surface area contributed by atoms with Gasteiger partial charge in [-0.3, -0.25) is 4.28 Å². The lowest BCUT2D eigenvalue weighted by molar-refractivity contribution is -0.165. The molecule has 1 rings (SSSR count). The van der Waals surface area contributed by atoms with Gasteiger partial charge < -0.3 is 0 Å². The highest BCUT2D eigenvalue weighted by molar-refractivity contribution is 7.88. The lowest BCUT2D eigenvalue weighted by Gasteiger charge is -2.25. The van der Waals surface area contributed by atoms with Gasteiger partial charge in [0, 0.05) is 12.6 Å². The molecule has 0 aliphatic heterocycles. The van der Waals surface area contributed by atoms with Crippen LogP contribution in [0.25, 0.3) is 0 Å². The van der Waals surface area contributed by atoms with Crippen molar-refractivity contribution >= 4 is 10.1 Å². The molecule has 0 saturated carbocycles. The molecule has 0 unspecified atom stereocenters. The van der Waals surface area contributed by atoms with Crippen molar-refractivity contribution in [3.63, 3.8) is 0 Å². The number of halogens is 4. The molecule has 19 heavy (non-hydrogen) atoms. The van der Waals surface area contributed by atoms with Crippen LogP contribution in [0.15, 0.2) is 18.7 Å². The van der Waals surface area contributed by atoms with E-state index in [0.717, 1.165) is 18.7 Å². The van der Waals surface area contributed by atoms with Crippen LogP contribution in [0.5, 0.6) is 0 Å². The number of hydrogen-bond donors (Lipinski definition) is 0. The number of alkyl halides is 4. The van der Waals surface area contributed by atoms with Crippen molar-refractivity contribution < 1.29 is 30.3 Å². The first-order chi connectivity index (χ1) is 8.64. The summed E-state index contributed by atoms with van der Waals surface area (Å²) >= 11 is 0. The predicted molar refractivity (Wildman–Crippen MR) is 57.1 cm³/mol. The van der Waals surface area contributed by atoms with Crippen molar-refractivity contribution in [2.24, 2.45) is 0 Å². The Morgan fingerprint density at radius 1 is 1.32 bits per heavy atom. The monoisotopic (exact) mass is 304 g/mol. The van der Waals surface area contributed by atoms with Crippen LogP contribution in [0.3, 0.4) is 0 Å². The molecular weight excluding hydrogens is 292 g/mol. The van der Waals surface area contributed by atoms with Gasteiger partial charge in [0.05, 0.1) is 6.20 Å². The molecule has 0 aromatic carbocycles. The quantitative estimate of drug-likeness (QED) is 0.723. The Bertz CT molecular complexity index is 502. The predicted octanol–water partition coefficient (Wildman–Crippen LogP) is 2.06. The van der Waals surface area contributed by atoms with E-state index in [-0.39, 0.29) is 12.8 Å². The molecule has 0 bridgehead atoms. The van der Waals surface area contributed by atoms with Crippen LogP contribution >= 0.6 is 0 Å². The number of aromatic nitrogens is 2. The van der Waals surface area contributed by atoms with Crippen LogP contribution in [0.4, 0.5) is 17.6 Å². The molecule has 0 amide bonds. The van der Waals surface area contributed by atoms with Crippen LogP contribution in [0.2, 0.25) is 0 Å². The van der Waals surface area contributed by atoms with Gasteiger partial charge in [0.15, 0.2) is 0 Å². The minimum atomic E-state index is -5.83. The van der Waals surface area contributed by atoms with Crippen molar-refractivity contribution in [2.45, 2.75) is 37.4 Å². The zero-order chi connectivity index (χ0) is 14.7. The Balaban J connectivity index is 2.97. The standard InChI is InChI=1S/C9H12F4N2O3S/c1-2-3-4-8(10,11)9(12,13)19(16,17)18-15-6-5-14-7-15/h5-7H,2-4H2,1H3. The first kappa shape index (κ1) is 15.7. The SMILES string of the molecule is CCCCC(F)(F)C(F)(F)S(=O)(=O)On1ccnc1. The molecule has 1 aromatic rings. The van der Waals surface area contributed by atoms with Crippen LogP contribution < -0.4 is 4.28 Å². The van der Waals surface area contributed by atoms with E-state index in [9.17, 15) is 26.0 Å². The summed E-state index contributed by atoms with van der Waals surface area (Å²) < 4.78 is 80.0. The third kappa shape index (κ3) is 3.17. The topological polar surface area (TPSA) is 61.2 Å². The second-order valence-corrected chi connectivity index (χ2v) is 5.35. The van der Waals surface area contributed by atoms with Crippen LogP contribution in [-0.2, 0) is 10.1 Å². The maximum atomic E-state index is 13.4. The normalized spacial score (nSPS) is 13.5. The molecule has 110 valence electrons. The van der Waals surface area contributed by atoms with Gasteiger partial charge in [-0.15, -0.1) is 0 Å². The Kier molecular flexibility index (Phi) is 4.43. The molecule has 0 aliphatic carbocycles. The second kappa shape index (κ2) is 5.35. The fourth-order valence-electron chi connectivity index (χ4n) is 1.18. The first-order valence-corrected chi connectivity index (χ1v) is 6.73. The lowest BCUT2D eigenvalue weighted by atomic mass is 10.1.